The van der Waals surface area contributed by atoms with E-state index in [0.717, 1.165) is 50.3 Å². The molecule has 0 radical (unpaired) electrons. The molecule has 2 fully saturated rings. The van der Waals surface area contributed by atoms with Crippen molar-refractivity contribution in [3.8, 4) is 0 Å². The van der Waals surface area contributed by atoms with E-state index in [1.807, 2.05) is 0 Å². The van der Waals surface area contributed by atoms with E-state index in [2.05, 4.69) is 0 Å². The summed E-state index contributed by atoms with van der Waals surface area (Å²) in [6.07, 6.45) is 0.696. The first-order valence-electron chi connectivity index (χ1n) is 8.04. The topological polar surface area (TPSA) is 55.8 Å². The lowest BCUT2D eigenvalue weighted by atomic mass is 9.96. The molecular weight excluding hydrogens is 318 g/mol. The lowest BCUT2D eigenvalue weighted by molar-refractivity contribution is -0.925. The SMILES string of the molecule is CC(O)(C(=O)OC1CC[N+]2(CCOCC2)C1)c1ccc(Cl)cc1. The van der Waals surface area contributed by atoms with E-state index in [1.165, 1.54) is 6.92 Å². The van der Waals surface area contributed by atoms with Crippen molar-refractivity contribution in [1.82, 2.24) is 0 Å². The Kier molecular flexibility index (Phi) is 4.65. The van der Waals surface area contributed by atoms with E-state index in [0.29, 0.717) is 10.6 Å². The van der Waals surface area contributed by atoms with Crippen LogP contribution < -0.4 is 0 Å². The van der Waals surface area contributed by atoms with Gasteiger partial charge in [-0.1, -0.05) is 23.7 Å². The highest BCUT2D eigenvalue weighted by Gasteiger charge is 2.43. The normalized spacial score (nSPS) is 26.0. The molecule has 2 aliphatic heterocycles. The molecule has 2 unspecified atom stereocenters. The van der Waals surface area contributed by atoms with E-state index in [-0.39, 0.29) is 6.10 Å². The molecule has 0 bridgehead atoms. The molecule has 0 saturated carbocycles. The van der Waals surface area contributed by atoms with Crippen molar-refractivity contribution < 1.29 is 23.9 Å². The zero-order valence-electron chi connectivity index (χ0n) is 13.3. The molecule has 3 rings (SSSR count). The van der Waals surface area contributed by atoms with E-state index in [1.54, 1.807) is 24.3 Å². The Morgan fingerprint density at radius 1 is 1.30 bits per heavy atom. The number of halogens is 1. The predicted molar refractivity (Wildman–Crippen MR) is 86.1 cm³/mol. The van der Waals surface area contributed by atoms with Gasteiger partial charge in [-0.2, -0.15) is 0 Å². The Bertz CT molecular complexity index is 566. The minimum Gasteiger partial charge on any atom is -0.454 e. The number of morpholine rings is 1. The molecule has 0 amide bonds. The third kappa shape index (κ3) is 3.53. The van der Waals surface area contributed by atoms with Crippen LogP contribution in [0.5, 0.6) is 0 Å². The number of benzene rings is 1. The Labute approximate surface area is 141 Å². The second kappa shape index (κ2) is 6.40. The number of aliphatic hydroxyl groups is 1. The molecule has 0 aromatic heterocycles. The fourth-order valence-electron chi connectivity index (χ4n) is 3.42. The van der Waals surface area contributed by atoms with Crippen LogP contribution in [0, 0.1) is 0 Å². The van der Waals surface area contributed by atoms with E-state index in [4.69, 9.17) is 21.1 Å². The summed E-state index contributed by atoms with van der Waals surface area (Å²) >= 11 is 5.85. The molecule has 2 aliphatic rings. The van der Waals surface area contributed by atoms with Crippen molar-refractivity contribution >= 4 is 17.6 Å². The Hall–Kier alpha value is -1.14. The number of carbonyl (C=O) groups excluding carboxylic acids is 1. The average molecular weight is 341 g/mol. The highest BCUT2D eigenvalue weighted by Crippen LogP contribution is 2.28. The molecule has 1 N–H and O–H groups in total. The smallest absolute Gasteiger partial charge is 0.343 e. The molecular formula is C17H23ClNO4+. The van der Waals surface area contributed by atoms with Gasteiger partial charge in [0.2, 0.25) is 0 Å². The van der Waals surface area contributed by atoms with E-state index in [9.17, 15) is 9.90 Å². The van der Waals surface area contributed by atoms with Crippen molar-refractivity contribution in [3.05, 3.63) is 34.9 Å². The highest BCUT2D eigenvalue weighted by molar-refractivity contribution is 6.30. The third-order valence-corrected chi connectivity index (χ3v) is 5.27. The Morgan fingerprint density at radius 3 is 2.61 bits per heavy atom. The lowest BCUT2D eigenvalue weighted by Gasteiger charge is -2.37. The van der Waals surface area contributed by atoms with Crippen LogP contribution in [0.25, 0.3) is 0 Å². The zero-order chi connectivity index (χ0) is 16.5. The van der Waals surface area contributed by atoms with Crippen LogP contribution in [0.2, 0.25) is 5.02 Å². The minimum absolute atomic E-state index is 0.139. The standard InChI is InChI=1S/C17H23ClNO4/c1-17(21,13-2-4-14(18)5-3-13)16(20)23-15-6-7-19(12-15)8-10-22-11-9-19/h2-5,15,21H,6-12H2,1H3/q+1. The van der Waals surface area contributed by atoms with Gasteiger partial charge in [-0.25, -0.2) is 4.79 Å². The number of carbonyl (C=O) groups is 1. The molecule has 126 valence electrons. The summed E-state index contributed by atoms with van der Waals surface area (Å²) in [6, 6.07) is 6.60. The van der Waals surface area contributed by atoms with Crippen molar-refractivity contribution in [2.75, 3.05) is 39.4 Å². The number of esters is 1. The van der Waals surface area contributed by atoms with Crippen LogP contribution in [0.1, 0.15) is 18.9 Å². The summed E-state index contributed by atoms with van der Waals surface area (Å²) in [6.45, 7) is 6.76. The maximum absolute atomic E-state index is 12.4. The quantitative estimate of drug-likeness (QED) is 0.672. The van der Waals surface area contributed by atoms with Gasteiger partial charge < -0.3 is 19.1 Å². The van der Waals surface area contributed by atoms with E-state index >= 15 is 0 Å². The molecule has 2 saturated heterocycles. The largest absolute Gasteiger partial charge is 0.454 e. The van der Waals surface area contributed by atoms with E-state index < -0.39 is 11.6 Å². The van der Waals surface area contributed by atoms with Crippen LogP contribution >= 0.6 is 11.6 Å². The number of hydrogen-bond donors (Lipinski definition) is 1. The van der Waals surface area contributed by atoms with Crippen molar-refractivity contribution in [3.63, 3.8) is 0 Å². The van der Waals surface area contributed by atoms with Crippen LogP contribution in [0.15, 0.2) is 24.3 Å². The fraction of sp³-hybridized carbons (Fsp3) is 0.588. The maximum Gasteiger partial charge on any atom is 0.343 e. The molecule has 2 atom stereocenters. The summed E-state index contributed by atoms with van der Waals surface area (Å²) < 4.78 is 12.0. The van der Waals surface area contributed by atoms with Crippen LogP contribution in [-0.2, 0) is 19.9 Å². The lowest BCUT2D eigenvalue weighted by Crippen LogP contribution is -2.54. The second-order valence-corrected chi connectivity index (χ2v) is 7.14. The number of rotatable bonds is 3. The van der Waals surface area contributed by atoms with Gasteiger partial charge in [0.1, 0.15) is 19.6 Å². The summed E-state index contributed by atoms with van der Waals surface area (Å²) in [5.41, 5.74) is -1.18. The van der Waals surface area contributed by atoms with Crippen molar-refractivity contribution in [2.45, 2.75) is 25.0 Å². The fourth-order valence-corrected chi connectivity index (χ4v) is 3.55. The summed E-state index contributed by atoms with van der Waals surface area (Å²) in [5, 5.41) is 11.1. The number of quaternary nitrogens is 1. The molecule has 5 nitrogen and oxygen atoms in total. The maximum atomic E-state index is 12.4. The number of nitrogens with zero attached hydrogens (tertiary/aromatic N) is 1. The molecule has 23 heavy (non-hydrogen) atoms. The van der Waals surface area contributed by atoms with Gasteiger partial charge in [-0.05, 0) is 24.6 Å². The molecule has 6 heteroatoms. The first-order chi connectivity index (χ1) is 10.9. The Balaban J connectivity index is 1.63. The monoisotopic (exact) mass is 340 g/mol. The number of hydrogen-bond acceptors (Lipinski definition) is 4. The zero-order valence-corrected chi connectivity index (χ0v) is 14.1. The molecule has 1 aromatic carbocycles. The van der Waals surface area contributed by atoms with Gasteiger partial charge in [0, 0.05) is 11.4 Å². The first-order valence-corrected chi connectivity index (χ1v) is 8.41. The second-order valence-electron chi connectivity index (χ2n) is 6.70. The molecule has 1 spiro atoms. The Morgan fingerprint density at radius 2 is 1.96 bits per heavy atom. The molecule has 1 aromatic rings. The van der Waals surface area contributed by atoms with Gasteiger partial charge >= 0.3 is 5.97 Å². The molecule has 2 heterocycles. The van der Waals surface area contributed by atoms with Crippen molar-refractivity contribution in [2.24, 2.45) is 0 Å². The van der Waals surface area contributed by atoms with Gasteiger partial charge in [0.25, 0.3) is 0 Å². The van der Waals surface area contributed by atoms with Crippen molar-refractivity contribution in [1.29, 1.82) is 0 Å². The van der Waals surface area contributed by atoms with Crippen LogP contribution in [0.3, 0.4) is 0 Å². The summed E-state index contributed by atoms with van der Waals surface area (Å²) in [5.74, 6) is -0.599. The summed E-state index contributed by atoms with van der Waals surface area (Å²) in [7, 11) is 0. The predicted octanol–water partition coefficient (Wildman–Crippen LogP) is 1.71. The number of ether oxygens (including phenoxy) is 2. The van der Waals surface area contributed by atoms with Crippen LogP contribution in [0.4, 0.5) is 0 Å². The van der Waals surface area contributed by atoms with Gasteiger partial charge in [-0.15, -0.1) is 0 Å². The average Bonchev–Trinajstić information content (AvgIpc) is 2.90. The van der Waals surface area contributed by atoms with Gasteiger partial charge in [0.15, 0.2) is 11.7 Å². The third-order valence-electron chi connectivity index (χ3n) is 5.01. The van der Waals surface area contributed by atoms with Gasteiger partial charge in [-0.3, -0.25) is 0 Å². The van der Waals surface area contributed by atoms with Crippen LogP contribution in [-0.4, -0.2) is 61.1 Å². The minimum atomic E-state index is -1.66. The van der Waals surface area contributed by atoms with Gasteiger partial charge in [0.05, 0.1) is 19.8 Å². The highest BCUT2D eigenvalue weighted by atomic mass is 35.5. The summed E-state index contributed by atoms with van der Waals surface area (Å²) in [4.78, 5) is 12.4. The molecule has 0 aliphatic carbocycles. The first kappa shape index (κ1) is 16.7.